The summed E-state index contributed by atoms with van der Waals surface area (Å²) in [5.74, 6) is 0. The fraction of sp³-hybridized carbons (Fsp3) is 1.00. The summed E-state index contributed by atoms with van der Waals surface area (Å²) >= 11 is 0. The molecule has 2 heteroatoms. The second-order valence-corrected chi connectivity index (χ2v) is 5.38. The SMILES string of the molecule is CCC(C)[SiH2]CCCF. The lowest BCUT2D eigenvalue weighted by Gasteiger charge is -2.04. The van der Waals surface area contributed by atoms with Crippen molar-refractivity contribution < 1.29 is 4.39 Å². The van der Waals surface area contributed by atoms with Crippen LogP contribution in [0.15, 0.2) is 0 Å². The molecule has 0 aromatic heterocycles. The van der Waals surface area contributed by atoms with Gasteiger partial charge in [0.2, 0.25) is 0 Å². The van der Waals surface area contributed by atoms with Crippen LogP contribution in [0.1, 0.15) is 26.7 Å². The molecular weight excluding hydrogens is 131 g/mol. The van der Waals surface area contributed by atoms with Gasteiger partial charge < -0.3 is 0 Å². The van der Waals surface area contributed by atoms with Crippen LogP contribution in [0.4, 0.5) is 4.39 Å². The number of rotatable bonds is 5. The monoisotopic (exact) mass is 148 g/mol. The molecule has 9 heavy (non-hydrogen) atoms. The van der Waals surface area contributed by atoms with E-state index in [1.54, 1.807) is 0 Å². The maximum Gasteiger partial charge on any atom is 0.0891 e. The van der Waals surface area contributed by atoms with Gasteiger partial charge in [-0.25, -0.2) is 0 Å². The van der Waals surface area contributed by atoms with E-state index in [-0.39, 0.29) is 16.2 Å². The van der Waals surface area contributed by atoms with E-state index < -0.39 is 0 Å². The van der Waals surface area contributed by atoms with Crippen LogP contribution in [0.5, 0.6) is 0 Å². The Labute approximate surface area is 59.7 Å². The minimum atomic E-state index is -0.108. The van der Waals surface area contributed by atoms with Crippen molar-refractivity contribution in [1.82, 2.24) is 0 Å². The normalized spacial score (nSPS) is 15.0. The highest BCUT2D eigenvalue weighted by Crippen LogP contribution is 2.08. The third-order valence-electron chi connectivity index (χ3n) is 1.78. The molecule has 0 saturated carbocycles. The second kappa shape index (κ2) is 6.27. The van der Waals surface area contributed by atoms with Crippen molar-refractivity contribution in [1.29, 1.82) is 0 Å². The molecule has 0 radical (unpaired) electrons. The van der Waals surface area contributed by atoms with Crippen molar-refractivity contribution >= 4 is 9.52 Å². The van der Waals surface area contributed by atoms with E-state index in [2.05, 4.69) is 13.8 Å². The molecule has 0 N–H and O–H groups in total. The van der Waals surface area contributed by atoms with Gasteiger partial charge >= 0.3 is 0 Å². The fourth-order valence-electron chi connectivity index (χ4n) is 0.791. The zero-order valence-electron chi connectivity index (χ0n) is 6.49. The maximum absolute atomic E-state index is 11.6. The Balaban J connectivity index is 2.88. The molecule has 0 aliphatic rings. The van der Waals surface area contributed by atoms with Gasteiger partial charge in [0.05, 0.1) is 6.67 Å². The molecule has 0 aromatic carbocycles. The number of halogens is 1. The first-order chi connectivity index (χ1) is 4.31. The molecule has 0 heterocycles. The van der Waals surface area contributed by atoms with Crippen molar-refractivity contribution in [3.63, 3.8) is 0 Å². The fourth-order valence-corrected chi connectivity index (χ4v) is 2.37. The van der Waals surface area contributed by atoms with E-state index in [1.807, 2.05) is 0 Å². The standard InChI is InChI=1S/C7H17FSi/c1-3-7(2)9-6-4-5-8/h7H,3-6,9H2,1-2H3. The Bertz CT molecular complexity index is 56.9. The summed E-state index contributed by atoms with van der Waals surface area (Å²) in [6.45, 7) is 4.39. The van der Waals surface area contributed by atoms with Gasteiger partial charge in [0, 0.05) is 9.52 Å². The van der Waals surface area contributed by atoms with Crippen molar-refractivity contribution in [3.05, 3.63) is 0 Å². The first-order valence-corrected chi connectivity index (χ1v) is 5.68. The van der Waals surface area contributed by atoms with Crippen LogP contribution in [0, 0.1) is 0 Å². The third-order valence-corrected chi connectivity index (χ3v) is 4.25. The van der Waals surface area contributed by atoms with E-state index in [0.717, 1.165) is 12.0 Å². The van der Waals surface area contributed by atoms with Crippen molar-refractivity contribution in [2.45, 2.75) is 38.3 Å². The Morgan fingerprint density at radius 1 is 1.56 bits per heavy atom. The smallest absolute Gasteiger partial charge is 0.0891 e. The second-order valence-electron chi connectivity index (χ2n) is 2.70. The summed E-state index contributed by atoms with van der Waals surface area (Å²) in [6, 6.07) is 1.20. The molecule has 0 saturated heterocycles. The van der Waals surface area contributed by atoms with Gasteiger partial charge in [0.25, 0.3) is 0 Å². The number of hydrogen-bond acceptors (Lipinski definition) is 0. The molecule has 0 aromatic rings. The summed E-state index contributed by atoms with van der Waals surface area (Å²) in [6.07, 6.45) is 2.11. The molecule has 0 spiro atoms. The average Bonchev–Trinajstić information content (AvgIpc) is 1.89. The van der Waals surface area contributed by atoms with Crippen molar-refractivity contribution in [3.8, 4) is 0 Å². The Morgan fingerprint density at radius 2 is 2.22 bits per heavy atom. The molecule has 0 amide bonds. The largest absolute Gasteiger partial charge is 0.251 e. The lowest BCUT2D eigenvalue weighted by molar-refractivity contribution is 0.486. The molecule has 0 aliphatic carbocycles. The quantitative estimate of drug-likeness (QED) is 0.414. The van der Waals surface area contributed by atoms with Gasteiger partial charge in [-0.3, -0.25) is 4.39 Å². The maximum atomic E-state index is 11.6. The van der Waals surface area contributed by atoms with E-state index in [1.165, 1.54) is 12.5 Å². The predicted octanol–water partition coefficient (Wildman–Crippen LogP) is 2.15. The van der Waals surface area contributed by atoms with Gasteiger partial charge in [-0.05, 0) is 6.42 Å². The molecule has 0 aliphatic heterocycles. The summed E-state index contributed by atoms with van der Waals surface area (Å²) < 4.78 is 11.6. The zero-order chi connectivity index (χ0) is 7.11. The zero-order valence-corrected chi connectivity index (χ0v) is 7.91. The molecular formula is C7H17FSi. The van der Waals surface area contributed by atoms with E-state index in [0.29, 0.717) is 0 Å². The predicted molar refractivity (Wildman–Crippen MR) is 43.7 cm³/mol. The highest BCUT2D eigenvalue weighted by atomic mass is 28.2. The highest BCUT2D eigenvalue weighted by molar-refractivity contribution is 6.37. The van der Waals surface area contributed by atoms with Gasteiger partial charge in [-0.2, -0.15) is 0 Å². The summed E-state index contributed by atoms with van der Waals surface area (Å²) in [7, 11) is 0.0847. The molecule has 0 rings (SSSR count). The van der Waals surface area contributed by atoms with Crippen molar-refractivity contribution in [2.75, 3.05) is 6.67 Å². The third kappa shape index (κ3) is 6.03. The summed E-state index contributed by atoms with van der Waals surface area (Å²) in [5, 5.41) is 0. The van der Waals surface area contributed by atoms with Crippen LogP contribution in [0.2, 0.25) is 11.6 Å². The van der Waals surface area contributed by atoms with Crippen LogP contribution in [0.3, 0.4) is 0 Å². The lowest BCUT2D eigenvalue weighted by Crippen LogP contribution is -1.97. The first kappa shape index (κ1) is 9.15. The van der Waals surface area contributed by atoms with Gasteiger partial charge in [-0.15, -0.1) is 0 Å². The molecule has 0 nitrogen and oxygen atoms in total. The first-order valence-electron chi connectivity index (χ1n) is 3.87. The average molecular weight is 148 g/mol. The summed E-state index contributed by atoms with van der Waals surface area (Å²) in [5.41, 5.74) is 0.927. The molecule has 56 valence electrons. The minimum Gasteiger partial charge on any atom is -0.251 e. The minimum absolute atomic E-state index is 0.0847. The summed E-state index contributed by atoms with van der Waals surface area (Å²) in [4.78, 5) is 0. The van der Waals surface area contributed by atoms with Crippen LogP contribution in [-0.2, 0) is 0 Å². The number of alkyl halides is 1. The van der Waals surface area contributed by atoms with Crippen LogP contribution < -0.4 is 0 Å². The van der Waals surface area contributed by atoms with E-state index >= 15 is 0 Å². The van der Waals surface area contributed by atoms with Gasteiger partial charge in [-0.1, -0.05) is 31.9 Å². The van der Waals surface area contributed by atoms with E-state index in [4.69, 9.17) is 0 Å². The molecule has 0 bridgehead atoms. The highest BCUT2D eigenvalue weighted by Gasteiger charge is 1.97. The molecule has 0 fully saturated rings. The van der Waals surface area contributed by atoms with Crippen LogP contribution in [-0.4, -0.2) is 16.2 Å². The van der Waals surface area contributed by atoms with Gasteiger partial charge in [0.15, 0.2) is 0 Å². The topological polar surface area (TPSA) is 0 Å². The Kier molecular flexibility index (Phi) is 6.37. The van der Waals surface area contributed by atoms with Gasteiger partial charge in [0.1, 0.15) is 0 Å². The molecule has 1 atom stereocenters. The van der Waals surface area contributed by atoms with Crippen LogP contribution in [0.25, 0.3) is 0 Å². The number of hydrogen-bond donors (Lipinski definition) is 0. The lowest BCUT2D eigenvalue weighted by atomic mass is 10.4. The van der Waals surface area contributed by atoms with Crippen molar-refractivity contribution in [2.24, 2.45) is 0 Å². The Morgan fingerprint density at radius 3 is 2.67 bits per heavy atom. The van der Waals surface area contributed by atoms with Crippen LogP contribution >= 0.6 is 0 Å². The molecule has 1 unspecified atom stereocenters. The van der Waals surface area contributed by atoms with E-state index in [9.17, 15) is 4.39 Å². The Hall–Kier alpha value is 0.147.